The van der Waals surface area contributed by atoms with E-state index in [-0.39, 0.29) is 5.91 Å². The van der Waals surface area contributed by atoms with Crippen molar-refractivity contribution in [3.63, 3.8) is 0 Å². The normalized spacial score (nSPS) is 22.3. The van der Waals surface area contributed by atoms with Gasteiger partial charge in [-0.1, -0.05) is 19.8 Å². The quantitative estimate of drug-likeness (QED) is 0.845. The summed E-state index contributed by atoms with van der Waals surface area (Å²) >= 11 is 1.57. The third-order valence-corrected chi connectivity index (χ3v) is 4.90. The second kappa shape index (κ2) is 7.58. The van der Waals surface area contributed by atoms with Crippen LogP contribution in [0.2, 0.25) is 0 Å². The van der Waals surface area contributed by atoms with Crippen molar-refractivity contribution in [3.05, 3.63) is 24.3 Å². The summed E-state index contributed by atoms with van der Waals surface area (Å²) < 4.78 is 5.12. The van der Waals surface area contributed by atoms with E-state index in [0.717, 1.165) is 17.1 Å². The van der Waals surface area contributed by atoms with Crippen molar-refractivity contribution < 1.29 is 9.53 Å². The highest BCUT2D eigenvalue weighted by Crippen LogP contribution is 2.24. The van der Waals surface area contributed by atoms with E-state index < -0.39 is 0 Å². The monoisotopic (exact) mass is 293 g/mol. The summed E-state index contributed by atoms with van der Waals surface area (Å²) in [5.74, 6) is 2.08. The van der Waals surface area contributed by atoms with E-state index in [9.17, 15) is 4.79 Å². The van der Waals surface area contributed by atoms with Crippen LogP contribution in [0.4, 0.5) is 0 Å². The Morgan fingerprint density at radius 3 is 2.65 bits per heavy atom. The third kappa shape index (κ3) is 4.44. The fraction of sp³-hybridized carbons (Fsp3) is 0.562. The van der Waals surface area contributed by atoms with Crippen molar-refractivity contribution >= 4 is 17.7 Å². The van der Waals surface area contributed by atoms with E-state index >= 15 is 0 Å². The van der Waals surface area contributed by atoms with Crippen molar-refractivity contribution in [2.75, 3.05) is 12.9 Å². The summed E-state index contributed by atoms with van der Waals surface area (Å²) in [6, 6.07) is 8.18. The van der Waals surface area contributed by atoms with Crippen molar-refractivity contribution in [1.29, 1.82) is 0 Å². The van der Waals surface area contributed by atoms with Crippen LogP contribution in [0.5, 0.6) is 5.75 Å². The number of ether oxygens (including phenoxy) is 1. The predicted molar refractivity (Wildman–Crippen MR) is 83.3 cm³/mol. The van der Waals surface area contributed by atoms with Gasteiger partial charge in [-0.05, 0) is 43.0 Å². The molecule has 1 fully saturated rings. The summed E-state index contributed by atoms with van der Waals surface area (Å²) in [6.07, 6.45) is 4.89. The summed E-state index contributed by atoms with van der Waals surface area (Å²) in [5, 5.41) is 3.18. The van der Waals surface area contributed by atoms with Crippen molar-refractivity contribution in [2.45, 2.75) is 43.5 Å². The molecule has 1 aromatic rings. The van der Waals surface area contributed by atoms with E-state index in [1.54, 1.807) is 18.9 Å². The summed E-state index contributed by atoms with van der Waals surface area (Å²) in [7, 11) is 1.65. The molecule has 0 unspecified atom stereocenters. The molecule has 1 aromatic carbocycles. The van der Waals surface area contributed by atoms with E-state index in [0.29, 0.717) is 17.7 Å². The Morgan fingerprint density at radius 2 is 2.00 bits per heavy atom. The van der Waals surface area contributed by atoms with Gasteiger partial charge < -0.3 is 10.1 Å². The fourth-order valence-electron chi connectivity index (χ4n) is 2.60. The molecule has 0 heterocycles. The molecular formula is C16H23NO2S. The molecule has 2 rings (SSSR count). The van der Waals surface area contributed by atoms with Crippen LogP contribution < -0.4 is 10.1 Å². The first-order valence-corrected chi connectivity index (χ1v) is 8.24. The average molecular weight is 293 g/mol. The zero-order chi connectivity index (χ0) is 14.4. The van der Waals surface area contributed by atoms with Crippen molar-refractivity contribution in [1.82, 2.24) is 5.32 Å². The largest absolute Gasteiger partial charge is 0.497 e. The van der Waals surface area contributed by atoms with Crippen LogP contribution in [0.15, 0.2) is 29.2 Å². The van der Waals surface area contributed by atoms with Crippen LogP contribution in [0.1, 0.15) is 32.6 Å². The highest BCUT2D eigenvalue weighted by molar-refractivity contribution is 8.00. The molecule has 0 aromatic heterocycles. The van der Waals surface area contributed by atoms with Gasteiger partial charge in [-0.25, -0.2) is 0 Å². The minimum atomic E-state index is 0.143. The average Bonchev–Trinajstić information content (AvgIpc) is 2.48. The lowest BCUT2D eigenvalue weighted by molar-refractivity contribution is -0.119. The number of hydrogen-bond acceptors (Lipinski definition) is 3. The molecule has 1 aliphatic rings. The van der Waals surface area contributed by atoms with E-state index in [1.807, 2.05) is 24.3 Å². The number of carbonyl (C=O) groups excluding carboxylic acids is 1. The maximum atomic E-state index is 12.0. The Hall–Kier alpha value is -1.16. The molecular weight excluding hydrogens is 270 g/mol. The van der Waals surface area contributed by atoms with Gasteiger partial charge in [0.15, 0.2) is 0 Å². The molecule has 110 valence electrons. The Kier molecular flexibility index (Phi) is 5.77. The molecule has 2 atom stereocenters. The zero-order valence-electron chi connectivity index (χ0n) is 12.2. The lowest BCUT2D eigenvalue weighted by atomic mass is 9.86. The van der Waals surface area contributed by atoms with Crippen molar-refractivity contribution in [3.8, 4) is 5.75 Å². The third-order valence-electron chi connectivity index (χ3n) is 3.89. The first-order chi connectivity index (χ1) is 9.69. The number of nitrogens with one attached hydrogen (secondary N) is 1. The standard InChI is InChI=1S/C16H23NO2S/c1-12-5-3-4-6-15(12)17-16(18)11-20-14-9-7-13(19-2)8-10-14/h7-10,12,15H,3-6,11H2,1-2H3,(H,17,18)/t12-,15+/m0/s1. The lowest BCUT2D eigenvalue weighted by Crippen LogP contribution is -2.41. The predicted octanol–water partition coefficient (Wildman–Crippen LogP) is 3.48. The van der Waals surface area contributed by atoms with Crippen LogP contribution in [0.25, 0.3) is 0 Å². The van der Waals surface area contributed by atoms with E-state index in [2.05, 4.69) is 12.2 Å². The molecule has 0 saturated heterocycles. The molecule has 0 spiro atoms. The fourth-order valence-corrected chi connectivity index (χ4v) is 3.31. The molecule has 0 bridgehead atoms. The van der Waals surface area contributed by atoms with Crippen LogP contribution in [0.3, 0.4) is 0 Å². The van der Waals surface area contributed by atoms with Crippen LogP contribution in [0, 0.1) is 5.92 Å². The summed E-state index contributed by atoms with van der Waals surface area (Å²) in [4.78, 5) is 13.1. The minimum absolute atomic E-state index is 0.143. The number of benzene rings is 1. The second-order valence-electron chi connectivity index (χ2n) is 5.40. The molecule has 1 saturated carbocycles. The van der Waals surface area contributed by atoms with Gasteiger partial charge in [-0.3, -0.25) is 4.79 Å². The molecule has 0 aliphatic heterocycles. The molecule has 4 heteroatoms. The van der Waals surface area contributed by atoms with Gasteiger partial charge in [0.1, 0.15) is 5.75 Å². The minimum Gasteiger partial charge on any atom is -0.497 e. The Bertz CT molecular complexity index is 433. The SMILES string of the molecule is COc1ccc(SCC(=O)N[C@@H]2CCCC[C@@H]2C)cc1. The Balaban J connectivity index is 1.76. The van der Waals surface area contributed by atoms with Crippen LogP contribution in [-0.4, -0.2) is 24.8 Å². The van der Waals surface area contributed by atoms with Gasteiger partial charge in [-0.15, -0.1) is 11.8 Å². The number of hydrogen-bond donors (Lipinski definition) is 1. The number of rotatable bonds is 5. The van der Waals surface area contributed by atoms with Gasteiger partial charge in [0, 0.05) is 10.9 Å². The zero-order valence-corrected chi connectivity index (χ0v) is 13.0. The first-order valence-electron chi connectivity index (χ1n) is 7.25. The van der Waals surface area contributed by atoms with Gasteiger partial charge in [-0.2, -0.15) is 0 Å². The van der Waals surface area contributed by atoms with Crippen LogP contribution >= 0.6 is 11.8 Å². The van der Waals surface area contributed by atoms with Crippen molar-refractivity contribution in [2.24, 2.45) is 5.92 Å². The highest BCUT2D eigenvalue weighted by Gasteiger charge is 2.22. The summed E-state index contributed by atoms with van der Waals surface area (Å²) in [6.45, 7) is 2.24. The number of thioether (sulfide) groups is 1. The number of methoxy groups -OCH3 is 1. The molecule has 1 N–H and O–H groups in total. The van der Waals surface area contributed by atoms with E-state index in [4.69, 9.17) is 4.74 Å². The summed E-state index contributed by atoms with van der Waals surface area (Å²) in [5.41, 5.74) is 0. The Labute approximate surface area is 125 Å². The van der Waals surface area contributed by atoms with Gasteiger partial charge in [0.2, 0.25) is 5.91 Å². The molecule has 1 aliphatic carbocycles. The van der Waals surface area contributed by atoms with Crippen LogP contribution in [-0.2, 0) is 4.79 Å². The molecule has 1 amide bonds. The van der Waals surface area contributed by atoms with Gasteiger partial charge in [0.25, 0.3) is 0 Å². The Morgan fingerprint density at radius 1 is 1.30 bits per heavy atom. The van der Waals surface area contributed by atoms with E-state index in [1.165, 1.54) is 19.3 Å². The maximum absolute atomic E-state index is 12.0. The topological polar surface area (TPSA) is 38.3 Å². The molecule has 0 radical (unpaired) electrons. The number of carbonyl (C=O) groups is 1. The molecule has 3 nitrogen and oxygen atoms in total. The first kappa shape index (κ1) is 15.2. The molecule has 20 heavy (non-hydrogen) atoms. The maximum Gasteiger partial charge on any atom is 0.230 e. The lowest BCUT2D eigenvalue weighted by Gasteiger charge is -2.29. The van der Waals surface area contributed by atoms with Gasteiger partial charge in [0.05, 0.1) is 12.9 Å². The highest BCUT2D eigenvalue weighted by atomic mass is 32.2. The smallest absolute Gasteiger partial charge is 0.230 e. The second-order valence-corrected chi connectivity index (χ2v) is 6.45. The van der Waals surface area contributed by atoms with Gasteiger partial charge >= 0.3 is 0 Å². The number of amides is 1.